The summed E-state index contributed by atoms with van der Waals surface area (Å²) in [6, 6.07) is 9.41. The molecule has 0 bridgehead atoms. The van der Waals surface area contributed by atoms with Gasteiger partial charge in [-0.2, -0.15) is 8.42 Å². The van der Waals surface area contributed by atoms with Crippen molar-refractivity contribution in [3.05, 3.63) is 53.1 Å². The Kier molecular flexibility index (Phi) is 6.01. The summed E-state index contributed by atoms with van der Waals surface area (Å²) in [5, 5.41) is 0. The van der Waals surface area contributed by atoms with E-state index in [1.54, 1.807) is 30.3 Å². The Balaban J connectivity index is 1.59. The lowest BCUT2D eigenvalue weighted by molar-refractivity contribution is 0.0470. The summed E-state index contributed by atoms with van der Waals surface area (Å²) in [4.78, 5) is 26.3. The first-order chi connectivity index (χ1) is 15.3. The number of Topliss-reactive ketones (excluding diaryl/α,β-unsaturated/α-hetero) is 1. The Morgan fingerprint density at radius 1 is 1.06 bits per heavy atom. The zero-order valence-corrected chi connectivity index (χ0v) is 18.8. The van der Waals surface area contributed by atoms with Gasteiger partial charge in [-0.15, -0.1) is 4.40 Å². The number of carbonyl (C=O) groups is 2. The van der Waals surface area contributed by atoms with Gasteiger partial charge in [0.05, 0.1) is 18.4 Å². The summed E-state index contributed by atoms with van der Waals surface area (Å²) in [7, 11) is -2.41. The number of anilines is 1. The number of methoxy groups -OCH3 is 1. The highest BCUT2D eigenvalue weighted by Crippen LogP contribution is 2.35. The molecule has 0 aliphatic carbocycles. The maximum absolute atomic E-state index is 12.8. The van der Waals surface area contributed by atoms with Crippen molar-refractivity contribution >= 4 is 33.3 Å². The predicted molar refractivity (Wildman–Crippen MR) is 119 cm³/mol. The van der Waals surface area contributed by atoms with Crippen molar-refractivity contribution in [3.63, 3.8) is 0 Å². The first-order valence-corrected chi connectivity index (χ1v) is 11.8. The number of sulfonamides is 1. The van der Waals surface area contributed by atoms with Gasteiger partial charge in [0, 0.05) is 24.1 Å². The molecule has 2 aliphatic heterocycles. The lowest BCUT2D eigenvalue weighted by atomic mass is 10.1. The van der Waals surface area contributed by atoms with Gasteiger partial charge in [-0.3, -0.25) is 4.79 Å². The van der Waals surface area contributed by atoms with E-state index in [9.17, 15) is 18.0 Å². The van der Waals surface area contributed by atoms with Crippen LogP contribution < -0.4 is 9.64 Å². The van der Waals surface area contributed by atoms with Crippen molar-refractivity contribution in [2.45, 2.75) is 44.1 Å². The highest BCUT2D eigenvalue weighted by Gasteiger charge is 2.32. The van der Waals surface area contributed by atoms with E-state index in [1.165, 1.54) is 20.1 Å². The fraction of sp³-hybridized carbons (Fsp3) is 0.348. The molecular weight excluding hydrogens is 432 g/mol. The van der Waals surface area contributed by atoms with E-state index in [0.29, 0.717) is 41.4 Å². The molecule has 4 rings (SSSR count). The molecule has 1 fully saturated rings. The van der Waals surface area contributed by atoms with Crippen LogP contribution in [0.2, 0.25) is 0 Å². The Labute approximate surface area is 186 Å². The lowest BCUT2D eigenvalue weighted by Crippen LogP contribution is -2.35. The monoisotopic (exact) mass is 456 g/mol. The van der Waals surface area contributed by atoms with Crippen LogP contribution in [0.5, 0.6) is 5.75 Å². The molecule has 8 nitrogen and oxygen atoms in total. The number of carbonyl (C=O) groups excluding carboxylic acids is 2. The first kappa shape index (κ1) is 22.0. The van der Waals surface area contributed by atoms with Gasteiger partial charge in [-0.25, -0.2) is 4.79 Å². The standard InChI is InChI=1S/C23H24N2O6S/c1-15(26)16-8-10-20(30-2)18(12-16)14-31-23(27)17-7-9-19-21(13-17)32(28,29)24-22-6-4-3-5-11-25(19)22/h7-10,12-13H,3-6,11,14H2,1-2H3. The van der Waals surface area contributed by atoms with E-state index in [4.69, 9.17) is 9.47 Å². The Morgan fingerprint density at radius 2 is 1.84 bits per heavy atom. The van der Waals surface area contributed by atoms with Crippen LogP contribution in [0.1, 0.15) is 58.9 Å². The van der Waals surface area contributed by atoms with E-state index < -0.39 is 16.0 Å². The number of nitrogens with zero attached hydrogens (tertiary/aromatic N) is 2. The Morgan fingerprint density at radius 3 is 2.59 bits per heavy atom. The first-order valence-electron chi connectivity index (χ1n) is 10.4. The molecular formula is C23H24N2O6S. The molecule has 0 unspecified atom stereocenters. The number of ether oxygens (including phenoxy) is 2. The molecule has 0 N–H and O–H groups in total. The molecule has 0 radical (unpaired) electrons. The SMILES string of the molecule is COc1ccc(C(C)=O)cc1COC(=O)c1ccc2c(c1)S(=O)(=O)N=C1CCCCCN12. The summed E-state index contributed by atoms with van der Waals surface area (Å²) >= 11 is 0. The minimum Gasteiger partial charge on any atom is -0.496 e. The number of esters is 1. The van der Waals surface area contributed by atoms with Crippen LogP contribution in [0.4, 0.5) is 5.69 Å². The largest absolute Gasteiger partial charge is 0.496 e. The number of hydrogen-bond donors (Lipinski definition) is 0. The quantitative estimate of drug-likeness (QED) is 0.499. The van der Waals surface area contributed by atoms with Gasteiger partial charge in [0.25, 0.3) is 10.0 Å². The Hall–Kier alpha value is -3.20. The smallest absolute Gasteiger partial charge is 0.338 e. The summed E-state index contributed by atoms with van der Waals surface area (Å²) in [5.74, 6) is 0.249. The van der Waals surface area contributed by atoms with E-state index >= 15 is 0 Å². The van der Waals surface area contributed by atoms with Gasteiger partial charge in [0.15, 0.2) is 5.78 Å². The van der Waals surface area contributed by atoms with Gasteiger partial charge in [0.1, 0.15) is 23.1 Å². The summed E-state index contributed by atoms with van der Waals surface area (Å²) < 4.78 is 40.2. The third-order valence-electron chi connectivity index (χ3n) is 5.63. The Bertz CT molecular complexity index is 1220. The van der Waals surface area contributed by atoms with Crippen LogP contribution >= 0.6 is 0 Å². The zero-order chi connectivity index (χ0) is 22.9. The van der Waals surface area contributed by atoms with E-state index in [0.717, 1.165) is 19.3 Å². The van der Waals surface area contributed by atoms with Crippen molar-refractivity contribution in [1.82, 2.24) is 0 Å². The van der Waals surface area contributed by atoms with Gasteiger partial charge in [-0.05, 0) is 56.2 Å². The number of benzene rings is 2. The zero-order valence-electron chi connectivity index (χ0n) is 18.0. The molecule has 168 valence electrons. The maximum atomic E-state index is 12.8. The van der Waals surface area contributed by atoms with Crippen molar-refractivity contribution < 1.29 is 27.5 Å². The van der Waals surface area contributed by atoms with Crippen molar-refractivity contribution in [2.75, 3.05) is 18.6 Å². The molecule has 2 aromatic rings. The van der Waals surface area contributed by atoms with Crippen molar-refractivity contribution in [1.29, 1.82) is 0 Å². The minimum atomic E-state index is -3.90. The second-order valence-electron chi connectivity index (χ2n) is 7.79. The maximum Gasteiger partial charge on any atom is 0.338 e. The van der Waals surface area contributed by atoms with Gasteiger partial charge in [-0.1, -0.05) is 6.42 Å². The van der Waals surface area contributed by atoms with Gasteiger partial charge in [0.2, 0.25) is 0 Å². The van der Waals surface area contributed by atoms with E-state index in [2.05, 4.69) is 4.40 Å². The summed E-state index contributed by atoms with van der Waals surface area (Å²) in [6.45, 7) is 2.02. The average Bonchev–Trinajstić information content (AvgIpc) is 3.01. The van der Waals surface area contributed by atoms with E-state index in [1.807, 2.05) is 4.90 Å². The molecule has 2 aromatic carbocycles. The van der Waals surface area contributed by atoms with Crippen LogP contribution in [0.15, 0.2) is 45.7 Å². The highest BCUT2D eigenvalue weighted by atomic mass is 32.2. The molecule has 2 aliphatic rings. The molecule has 2 heterocycles. The normalized spacial score (nSPS) is 16.8. The number of rotatable bonds is 5. The molecule has 0 saturated carbocycles. The number of hydrogen-bond acceptors (Lipinski definition) is 7. The third kappa shape index (κ3) is 4.25. The van der Waals surface area contributed by atoms with Gasteiger partial charge >= 0.3 is 5.97 Å². The second-order valence-corrected chi connectivity index (χ2v) is 9.36. The van der Waals surface area contributed by atoms with Crippen molar-refractivity contribution in [3.8, 4) is 5.75 Å². The lowest BCUT2D eigenvalue weighted by Gasteiger charge is -2.29. The van der Waals surface area contributed by atoms with Crippen LogP contribution in [0.25, 0.3) is 0 Å². The molecule has 0 spiro atoms. The average molecular weight is 457 g/mol. The second kappa shape index (κ2) is 8.74. The molecule has 32 heavy (non-hydrogen) atoms. The van der Waals surface area contributed by atoms with Crippen molar-refractivity contribution in [2.24, 2.45) is 4.40 Å². The predicted octanol–water partition coefficient (Wildman–Crippen LogP) is 3.74. The number of amidine groups is 1. The summed E-state index contributed by atoms with van der Waals surface area (Å²) in [6.07, 6.45) is 3.48. The number of ketones is 1. The minimum absolute atomic E-state index is 0.00811. The summed E-state index contributed by atoms with van der Waals surface area (Å²) in [5.41, 5.74) is 1.67. The molecule has 0 amide bonds. The van der Waals surface area contributed by atoms with Crippen LogP contribution in [-0.4, -0.2) is 39.7 Å². The highest BCUT2D eigenvalue weighted by molar-refractivity contribution is 7.90. The fourth-order valence-corrected chi connectivity index (χ4v) is 5.23. The third-order valence-corrected chi connectivity index (χ3v) is 6.96. The molecule has 0 atom stereocenters. The fourth-order valence-electron chi connectivity index (χ4n) is 3.94. The van der Waals surface area contributed by atoms with Crippen LogP contribution in [0, 0.1) is 0 Å². The topological polar surface area (TPSA) is 102 Å². The molecule has 9 heteroatoms. The van der Waals surface area contributed by atoms with E-state index in [-0.39, 0.29) is 22.8 Å². The van der Waals surface area contributed by atoms with Crippen LogP contribution in [0.3, 0.4) is 0 Å². The van der Waals surface area contributed by atoms with Crippen LogP contribution in [-0.2, 0) is 21.4 Å². The van der Waals surface area contributed by atoms with Gasteiger partial charge < -0.3 is 14.4 Å². The number of fused-ring (bicyclic) bond motifs is 3. The molecule has 0 aromatic heterocycles. The molecule has 1 saturated heterocycles.